The Labute approximate surface area is 114 Å². The molecular formula is C15H13F4N. The van der Waals surface area contributed by atoms with Crippen molar-refractivity contribution in [1.82, 2.24) is 5.32 Å². The van der Waals surface area contributed by atoms with Gasteiger partial charge in [0.25, 0.3) is 0 Å². The van der Waals surface area contributed by atoms with E-state index in [0.29, 0.717) is 17.7 Å². The summed E-state index contributed by atoms with van der Waals surface area (Å²) in [7, 11) is 1.77. The van der Waals surface area contributed by atoms with Crippen LogP contribution in [-0.4, -0.2) is 7.05 Å². The van der Waals surface area contributed by atoms with Gasteiger partial charge in [-0.1, -0.05) is 18.2 Å². The molecule has 0 bridgehead atoms. The molecule has 5 heteroatoms. The van der Waals surface area contributed by atoms with Crippen LogP contribution in [0.4, 0.5) is 17.6 Å². The van der Waals surface area contributed by atoms with Gasteiger partial charge in [-0.2, -0.15) is 13.2 Å². The van der Waals surface area contributed by atoms with E-state index in [2.05, 4.69) is 5.32 Å². The summed E-state index contributed by atoms with van der Waals surface area (Å²) in [5, 5.41) is 2.94. The van der Waals surface area contributed by atoms with Crippen LogP contribution in [-0.2, 0) is 12.7 Å². The zero-order chi connectivity index (χ0) is 14.8. The van der Waals surface area contributed by atoms with Gasteiger partial charge in [0.05, 0.1) is 5.56 Å². The summed E-state index contributed by atoms with van der Waals surface area (Å²) < 4.78 is 51.2. The van der Waals surface area contributed by atoms with Crippen molar-refractivity contribution < 1.29 is 17.6 Å². The van der Waals surface area contributed by atoms with Crippen LogP contribution in [0.3, 0.4) is 0 Å². The molecule has 0 aliphatic heterocycles. The molecule has 0 saturated heterocycles. The Hall–Kier alpha value is -1.88. The fraction of sp³-hybridized carbons (Fsp3) is 0.200. The maximum Gasteiger partial charge on any atom is 0.416 e. The third-order valence-corrected chi connectivity index (χ3v) is 2.93. The quantitative estimate of drug-likeness (QED) is 0.831. The minimum atomic E-state index is -4.38. The molecule has 0 spiro atoms. The van der Waals surface area contributed by atoms with Crippen molar-refractivity contribution in [3.63, 3.8) is 0 Å². The van der Waals surface area contributed by atoms with Gasteiger partial charge in [0, 0.05) is 12.1 Å². The first kappa shape index (κ1) is 14.5. The molecule has 0 aliphatic rings. The number of nitrogens with one attached hydrogen (secondary N) is 1. The predicted molar refractivity (Wildman–Crippen MR) is 69.6 cm³/mol. The van der Waals surface area contributed by atoms with Crippen molar-refractivity contribution in [3.05, 3.63) is 59.4 Å². The summed E-state index contributed by atoms with van der Waals surface area (Å²) >= 11 is 0. The van der Waals surface area contributed by atoms with Gasteiger partial charge in [-0.05, 0) is 42.4 Å². The average Bonchev–Trinajstić information content (AvgIpc) is 2.40. The molecule has 0 saturated carbocycles. The second-order valence-electron chi connectivity index (χ2n) is 4.42. The molecule has 0 aromatic heterocycles. The zero-order valence-corrected chi connectivity index (χ0v) is 10.8. The van der Waals surface area contributed by atoms with Crippen LogP contribution in [0.2, 0.25) is 0 Å². The molecule has 0 atom stereocenters. The van der Waals surface area contributed by atoms with E-state index in [4.69, 9.17) is 0 Å². The average molecular weight is 283 g/mol. The molecule has 0 aliphatic carbocycles. The Kier molecular flexibility index (Phi) is 4.09. The second kappa shape index (κ2) is 5.63. The maximum absolute atomic E-state index is 13.8. The lowest BCUT2D eigenvalue weighted by Gasteiger charge is -2.10. The SMILES string of the molecule is CNCc1ccc(F)c(-c2ccc(C(F)(F)F)cc2)c1. The maximum atomic E-state index is 13.8. The third kappa shape index (κ3) is 3.17. The van der Waals surface area contributed by atoms with Crippen LogP contribution in [0.1, 0.15) is 11.1 Å². The molecule has 0 unspecified atom stereocenters. The van der Waals surface area contributed by atoms with Gasteiger partial charge >= 0.3 is 6.18 Å². The van der Waals surface area contributed by atoms with E-state index < -0.39 is 17.6 Å². The molecule has 0 fully saturated rings. The van der Waals surface area contributed by atoms with Gasteiger partial charge in [0.15, 0.2) is 0 Å². The first-order valence-corrected chi connectivity index (χ1v) is 6.02. The predicted octanol–water partition coefficient (Wildman–Crippen LogP) is 4.23. The minimum Gasteiger partial charge on any atom is -0.316 e. The molecule has 2 rings (SSSR count). The number of benzene rings is 2. The van der Waals surface area contributed by atoms with E-state index in [-0.39, 0.29) is 0 Å². The highest BCUT2D eigenvalue weighted by Crippen LogP contribution is 2.31. The van der Waals surface area contributed by atoms with Gasteiger partial charge in [-0.25, -0.2) is 4.39 Å². The summed E-state index contributed by atoms with van der Waals surface area (Å²) in [6.45, 7) is 0.563. The molecule has 2 aromatic carbocycles. The van der Waals surface area contributed by atoms with Crippen LogP contribution >= 0.6 is 0 Å². The molecule has 0 amide bonds. The molecule has 1 N–H and O–H groups in total. The highest BCUT2D eigenvalue weighted by molar-refractivity contribution is 5.65. The Morgan fingerprint density at radius 1 is 1.00 bits per heavy atom. The van der Waals surface area contributed by atoms with E-state index >= 15 is 0 Å². The lowest BCUT2D eigenvalue weighted by atomic mass is 10.0. The molecule has 0 heterocycles. The van der Waals surface area contributed by atoms with E-state index in [0.717, 1.165) is 17.7 Å². The highest BCUT2D eigenvalue weighted by Gasteiger charge is 2.30. The van der Waals surface area contributed by atoms with Crippen molar-refractivity contribution >= 4 is 0 Å². The molecule has 0 radical (unpaired) electrons. The first-order chi connectivity index (χ1) is 9.41. The van der Waals surface area contributed by atoms with Crippen LogP contribution < -0.4 is 5.32 Å². The van der Waals surface area contributed by atoms with E-state index in [1.807, 2.05) is 0 Å². The van der Waals surface area contributed by atoms with Gasteiger partial charge in [0.1, 0.15) is 5.82 Å². The number of alkyl halides is 3. The van der Waals surface area contributed by atoms with E-state index in [1.165, 1.54) is 18.2 Å². The Balaban J connectivity index is 2.38. The van der Waals surface area contributed by atoms with Crippen molar-refractivity contribution in [2.75, 3.05) is 7.05 Å². The highest BCUT2D eigenvalue weighted by atomic mass is 19.4. The molecule has 20 heavy (non-hydrogen) atoms. The normalized spacial score (nSPS) is 11.7. The van der Waals surface area contributed by atoms with Gasteiger partial charge in [0.2, 0.25) is 0 Å². The molecular weight excluding hydrogens is 270 g/mol. The van der Waals surface area contributed by atoms with E-state index in [9.17, 15) is 17.6 Å². The van der Waals surface area contributed by atoms with Crippen molar-refractivity contribution in [1.29, 1.82) is 0 Å². The van der Waals surface area contributed by atoms with Crippen LogP contribution in [0.15, 0.2) is 42.5 Å². The number of hydrogen-bond acceptors (Lipinski definition) is 1. The van der Waals surface area contributed by atoms with Crippen molar-refractivity contribution in [3.8, 4) is 11.1 Å². The Bertz CT molecular complexity index is 588. The summed E-state index contributed by atoms with van der Waals surface area (Å²) in [6, 6.07) is 9.07. The summed E-state index contributed by atoms with van der Waals surface area (Å²) in [5.74, 6) is -0.454. The van der Waals surface area contributed by atoms with Gasteiger partial charge in [-0.3, -0.25) is 0 Å². The van der Waals surface area contributed by atoms with Gasteiger partial charge in [-0.15, -0.1) is 0 Å². The standard InChI is InChI=1S/C15H13F4N/c1-20-9-10-2-7-14(16)13(8-10)11-3-5-12(6-4-11)15(17,18)19/h2-8,20H,9H2,1H3. The lowest BCUT2D eigenvalue weighted by Crippen LogP contribution is -2.05. The zero-order valence-electron chi connectivity index (χ0n) is 10.8. The summed E-state index contributed by atoms with van der Waals surface area (Å²) in [5.41, 5.74) is 0.844. The Morgan fingerprint density at radius 3 is 2.20 bits per heavy atom. The summed E-state index contributed by atoms with van der Waals surface area (Å²) in [6.07, 6.45) is -4.38. The fourth-order valence-electron chi connectivity index (χ4n) is 1.95. The second-order valence-corrected chi connectivity index (χ2v) is 4.42. The number of hydrogen-bond donors (Lipinski definition) is 1. The number of rotatable bonds is 3. The van der Waals surface area contributed by atoms with Crippen LogP contribution in [0.5, 0.6) is 0 Å². The Morgan fingerprint density at radius 2 is 1.65 bits per heavy atom. The summed E-state index contributed by atoms with van der Waals surface area (Å²) in [4.78, 5) is 0. The van der Waals surface area contributed by atoms with Crippen molar-refractivity contribution in [2.45, 2.75) is 12.7 Å². The fourth-order valence-corrected chi connectivity index (χ4v) is 1.95. The van der Waals surface area contributed by atoms with Crippen LogP contribution in [0, 0.1) is 5.82 Å². The van der Waals surface area contributed by atoms with Crippen molar-refractivity contribution in [2.24, 2.45) is 0 Å². The molecule has 1 nitrogen and oxygen atoms in total. The minimum absolute atomic E-state index is 0.298. The molecule has 2 aromatic rings. The smallest absolute Gasteiger partial charge is 0.316 e. The van der Waals surface area contributed by atoms with E-state index in [1.54, 1.807) is 19.2 Å². The first-order valence-electron chi connectivity index (χ1n) is 6.02. The third-order valence-electron chi connectivity index (χ3n) is 2.93. The van der Waals surface area contributed by atoms with Gasteiger partial charge < -0.3 is 5.32 Å². The van der Waals surface area contributed by atoms with Crippen LogP contribution in [0.25, 0.3) is 11.1 Å². The largest absolute Gasteiger partial charge is 0.416 e. The monoisotopic (exact) mass is 283 g/mol. The topological polar surface area (TPSA) is 12.0 Å². The number of halogens is 4. The molecule has 106 valence electrons. The lowest BCUT2D eigenvalue weighted by molar-refractivity contribution is -0.137.